The van der Waals surface area contributed by atoms with Crippen molar-refractivity contribution in [1.82, 2.24) is 25.5 Å². The number of tetrazole rings is 1. The molecule has 3 rings (SSSR count). The van der Waals surface area contributed by atoms with Gasteiger partial charge in [-0.3, -0.25) is 4.79 Å². The smallest absolute Gasteiger partial charge is 0.230 e. The van der Waals surface area contributed by atoms with Crippen LogP contribution in [0.4, 0.5) is 0 Å². The minimum Gasteiger partial charge on any atom is -0.497 e. The molecule has 0 saturated carbocycles. The zero-order valence-corrected chi connectivity index (χ0v) is 15.1. The molecule has 0 aliphatic heterocycles. The number of para-hydroxylation sites is 1. The van der Waals surface area contributed by atoms with Gasteiger partial charge in [-0.1, -0.05) is 30.3 Å². The molecule has 1 heterocycles. The van der Waals surface area contributed by atoms with E-state index in [4.69, 9.17) is 4.74 Å². The van der Waals surface area contributed by atoms with E-state index in [2.05, 4.69) is 20.8 Å². The number of amides is 1. The Morgan fingerprint density at radius 2 is 1.92 bits per heavy atom. The van der Waals surface area contributed by atoms with Crippen LogP contribution in [0.25, 0.3) is 5.69 Å². The van der Waals surface area contributed by atoms with Gasteiger partial charge in [0, 0.05) is 6.54 Å². The molecule has 0 bridgehead atoms. The lowest BCUT2D eigenvalue weighted by molar-refractivity contribution is -0.118. The van der Waals surface area contributed by atoms with E-state index in [9.17, 15) is 4.79 Å². The first-order chi connectivity index (χ1) is 12.8. The Balaban J connectivity index is 1.45. The third-order valence-electron chi connectivity index (χ3n) is 3.65. The number of rotatable bonds is 8. The molecule has 0 unspecified atom stereocenters. The first-order valence-corrected chi connectivity index (χ1v) is 9.22. The summed E-state index contributed by atoms with van der Waals surface area (Å²) in [5.74, 6) is 2.39. The number of nitrogens with one attached hydrogen (secondary N) is 1. The molecule has 0 spiro atoms. The van der Waals surface area contributed by atoms with Gasteiger partial charge >= 0.3 is 0 Å². The molecule has 7 nitrogen and oxygen atoms in total. The van der Waals surface area contributed by atoms with Gasteiger partial charge in [0.2, 0.25) is 5.91 Å². The molecule has 1 aromatic heterocycles. The van der Waals surface area contributed by atoms with E-state index in [1.807, 2.05) is 54.6 Å². The summed E-state index contributed by atoms with van der Waals surface area (Å²) in [5.41, 5.74) is 1.93. The van der Waals surface area contributed by atoms with Gasteiger partial charge in [0.05, 0.1) is 24.3 Å². The Hall–Kier alpha value is -2.87. The van der Waals surface area contributed by atoms with Crippen LogP contribution in [-0.2, 0) is 17.1 Å². The number of aromatic nitrogens is 4. The first-order valence-electron chi connectivity index (χ1n) is 8.06. The van der Waals surface area contributed by atoms with Crippen molar-refractivity contribution in [3.8, 4) is 11.4 Å². The molecule has 0 atom stereocenters. The number of carbonyl (C=O) groups is 1. The van der Waals surface area contributed by atoms with E-state index in [-0.39, 0.29) is 5.91 Å². The predicted octanol–water partition coefficient (Wildman–Crippen LogP) is 2.22. The van der Waals surface area contributed by atoms with E-state index < -0.39 is 0 Å². The molecular formula is C18H19N5O2S. The van der Waals surface area contributed by atoms with E-state index in [0.29, 0.717) is 23.9 Å². The first kappa shape index (κ1) is 17.9. The number of ether oxygens (including phenoxy) is 1. The molecule has 0 radical (unpaired) electrons. The molecule has 1 amide bonds. The Morgan fingerprint density at radius 1 is 1.15 bits per heavy atom. The number of benzene rings is 2. The van der Waals surface area contributed by atoms with Crippen molar-refractivity contribution in [3.05, 3.63) is 66.0 Å². The molecule has 0 saturated heterocycles. The molecular weight excluding hydrogens is 350 g/mol. The Kier molecular flexibility index (Phi) is 6.21. The fraction of sp³-hybridized carbons (Fsp3) is 0.222. The van der Waals surface area contributed by atoms with Crippen LogP contribution >= 0.6 is 11.8 Å². The standard InChI is InChI=1S/C18H19N5O2S/c1-25-16-9-7-14(8-10-16)11-19-18(24)13-26-12-17-20-21-22-23(17)15-5-3-2-4-6-15/h2-10H,11-13H2,1H3,(H,19,24). The van der Waals surface area contributed by atoms with Crippen molar-refractivity contribution in [2.24, 2.45) is 0 Å². The van der Waals surface area contributed by atoms with E-state index in [1.54, 1.807) is 11.8 Å². The summed E-state index contributed by atoms with van der Waals surface area (Å²) in [6.45, 7) is 0.491. The molecule has 2 aromatic carbocycles. The topological polar surface area (TPSA) is 81.9 Å². The minimum atomic E-state index is -0.0236. The highest BCUT2D eigenvalue weighted by molar-refractivity contribution is 7.99. The van der Waals surface area contributed by atoms with Crippen LogP contribution in [0.1, 0.15) is 11.4 Å². The van der Waals surface area contributed by atoms with Gasteiger partial charge in [0.25, 0.3) is 0 Å². The highest BCUT2D eigenvalue weighted by Crippen LogP contribution is 2.14. The molecule has 26 heavy (non-hydrogen) atoms. The molecule has 1 N–H and O–H groups in total. The van der Waals surface area contributed by atoms with Gasteiger partial charge in [0.1, 0.15) is 5.75 Å². The highest BCUT2D eigenvalue weighted by atomic mass is 32.2. The van der Waals surface area contributed by atoms with Gasteiger partial charge in [-0.15, -0.1) is 16.9 Å². The SMILES string of the molecule is COc1ccc(CNC(=O)CSCc2nnnn2-c2ccccc2)cc1. The van der Waals surface area contributed by atoms with E-state index >= 15 is 0 Å². The van der Waals surface area contributed by atoms with Crippen LogP contribution in [0, 0.1) is 0 Å². The van der Waals surface area contributed by atoms with Gasteiger partial charge < -0.3 is 10.1 Å². The normalized spacial score (nSPS) is 10.5. The fourth-order valence-electron chi connectivity index (χ4n) is 2.30. The maximum Gasteiger partial charge on any atom is 0.230 e. The average Bonchev–Trinajstić information content (AvgIpc) is 3.16. The predicted molar refractivity (Wildman–Crippen MR) is 100 cm³/mol. The second kappa shape index (κ2) is 9.00. The van der Waals surface area contributed by atoms with E-state index in [0.717, 1.165) is 17.0 Å². The maximum absolute atomic E-state index is 12.0. The Morgan fingerprint density at radius 3 is 2.65 bits per heavy atom. The number of methoxy groups -OCH3 is 1. The lowest BCUT2D eigenvalue weighted by atomic mass is 10.2. The summed E-state index contributed by atoms with van der Waals surface area (Å²) in [6, 6.07) is 17.3. The van der Waals surface area contributed by atoms with Crippen LogP contribution in [0.15, 0.2) is 54.6 Å². The largest absolute Gasteiger partial charge is 0.497 e. The van der Waals surface area contributed by atoms with Crippen molar-refractivity contribution < 1.29 is 9.53 Å². The number of thioether (sulfide) groups is 1. The Labute approximate surface area is 155 Å². The van der Waals surface area contributed by atoms with Crippen molar-refractivity contribution in [2.45, 2.75) is 12.3 Å². The molecule has 0 aliphatic rings. The second-order valence-electron chi connectivity index (χ2n) is 5.46. The van der Waals surface area contributed by atoms with Crippen molar-refractivity contribution in [1.29, 1.82) is 0 Å². The molecule has 0 aliphatic carbocycles. The van der Waals surface area contributed by atoms with Gasteiger partial charge in [0.15, 0.2) is 5.82 Å². The number of carbonyl (C=O) groups excluding carboxylic acids is 1. The highest BCUT2D eigenvalue weighted by Gasteiger charge is 2.09. The molecule has 134 valence electrons. The lowest BCUT2D eigenvalue weighted by Gasteiger charge is -2.07. The minimum absolute atomic E-state index is 0.0236. The number of nitrogens with zero attached hydrogens (tertiary/aromatic N) is 4. The number of hydrogen-bond donors (Lipinski definition) is 1. The summed E-state index contributed by atoms with van der Waals surface area (Å²) < 4.78 is 6.80. The maximum atomic E-state index is 12.0. The molecule has 3 aromatic rings. The monoisotopic (exact) mass is 369 g/mol. The summed E-state index contributed by atoms with van der Waals surface area (Å²) in [5, 5.41) is 14.7. The van der Waals surface area contributed by atoms with Crippen molar-refractivity contribution in [2.75, 3.05) is 12.9 Å². The number of hydrogen-bond acceptors (Lipinski definition) is 6. The zero-order valence-electron chi connectivity index (χ0n) is 14.3. The van der Waals surface area contributed by atoms with Crippen molar-refractivity contribution >= 4 is 17.7 Å². The summed E-state index contributed by atoms with van der Waals surface area (Å²) in [4.78, 5) is 12.0. The summed E-state index contributed by atoms with van der Waals surface area (Å²) in [6.07, 6.45) is 0. The van der Waals surface area contributed by atoms with E-state index in [1.165, 1.54) is 11.8 Å². The zero-order chi connectivity index (χ0) is 18.2. The van der Waals surface area contributed by atoms with Gasteiger partial charge in [-0.25, -0.2) is 0 Å². The van der Waals surface area contributed by atoms with Gasteiger partial charge in [-0.2, -0.15) is 4.68 Å². The van der Waals surface area contributed by atoms with Crippen molar-refractivity contribution in [3.63, 3.8) is 0 Å². The average molecular weight is 369 g/mol. The van der Waals surface area contributed by atoms with Crippen LogP contribution in [0.2, 0.25) is 0 Å². The molecule has 8 heteroatoms. The third-order valence-corrected chi connectivity index (χ3v) is 4.58. The third kappa shape index (κ3) is 4.82. The van der Waals surface area contributed by atoms with Crippen LogP contribution in [0.5, 0.6) is 5.75 Å². The summed E-state index contributed by atoms with van der Waals surface area (Å²) >= 11 is 1.47. The van der Waals surface area contributed by atoms with Crippen LogP contribution in [-0.4, -0.2) is 39.0 Å². The second-order valence-corrected chi connectivity index (χ2v) is 6.45. The molecule has 0 fully saturated rings. The Bertz CT molecular complexity index is 836. The lowest BCUT2D eigenvalue weighted by Crippen LogP contribution is -2.24. The summed E-state index contributed by atoms with van der Waals surface area (Å²) in [7, 11) is 1.63. The quantitative estimate of drug-likeness (QED) is 0.656. The van der Waals surface area contributed by atoms with Crippen LogP contribution < -0.4 is 10.1 Å². The van der Waals surface area contributed by atoms with Gasteiger partial charge in [-0.05, 0) is 40.3 Å². The fourth-order valence-corrected chi connectivity index (χ4v) is 3.05. The van der Waals surface area contributed by atoms with Crippen LogP contribution in [0.3, 0.4) is 0 Å².